The lowest BCUT2D eigenvalue weighted by atomic mass is 9.78. The molecule has 0 saturated carbocycles. The van der Waals surface area contributed by atoms with E-state index in [4.69, 9.17) is 4.74 Å². The van der Waals surface area contributed by atoms with Crippen LogP contribution in [0.2, 0.25) is 0 Å². The van der Waals surface area contributed by atoms with Crippen molar-refractivity contribution in [1.82, 2.24) is 10.3 Å². The fourth-order valence-electron chi connectivity index (χ4n) is 3.16. The van der Waals surface area contributed by atoms with E-state index >= 15 is 0 Å². The molecule has 1 fully saturated rings. The highest BCUT2D eigenvalue weighted by molar-refractivity contribution is 5.67. The van der Waals surface area contributed by atoms with Gasteiger partial charge in [0.2, 0.25) is 0 Å². The molecule has 0 spiro atoms. The first-order chi connectivity index (χ1) is 9.20. The van der Waals surface area contributed by atoms with E-state index in [0.29, 0.717) is 5.92 Å². The second kappa shape index (κ2) is 5.33. The topological polar surface area (TPSA) is 34.1 Å². The predicted molar refractivity (Wildman–Crippen MR) is 77.1 cm³/mol. The molecule has 1 saturated heterocycles. The summed E-state index contributed by atoms with van der Waals surface area (Å²) in [5, 5.41) is 3.51. The number of hydrogen-bond acceptors (Lipinski definition) is 3. The Labute approximate surface area is 115 Å². The lowest BCUT2D eigenvalue weighted by molar-refractivity contribution is 0.241. The van der Waals surface area contributed by atoms with Gasteiger partial charge in [0.25, 0.3) is 0 Å². The fourth-order valence-corrected chi connectivity index (χ4v) is 3.16. The van der Waals surface area contributed by atoms with Crippen LogP contribution in [-0.4, -0.2) is 24.2 Å². The van der Waals surface area contributed by atoms with Crippen molar-refractivity contribution in [3.8, 4) is 5.75 Å². The number of ether oxygens (including phenoxy) is 1. The van der Waals surface area contributed by atoms with Crippen LogP contribution in [-0.2, 0) is 0 Å². The number of hydrogen-bond donors (Lipinski definition) is 1. The number of nitrogens with one attached hydrogen (secondary N) is 1. The van der Waals surface area contributed by atoms with Gasteiger partial charge in [0.1, 0.15) is 5.75 Å². The van der Waals surface area contributed by atoms with Gasteiger partial charge in [0.15, 0.2) is 0 Å². The van der Waals surface area contributed by atoms with Crippen LogP contribution in [0.1, 0.15) is 32.3 Å². The van der Waals surface area contributed by atoms with Gasteiger partial charge in [-0.2, -0.15) is 0 Å². The Bertz CT molecular complexity index is 481. The molecule has 0 amide bonds. The van der Waals surface area contributed by atoms with Crippen molar-refractivity contribution in [2.24, 2.45) is 11.8 Å². The van der Waals surface area contributed by atoms with E-state index in [2.05, 4.69) is 22.4 Å². The third-order valence-corrected chi connectivity index (χ3v) is 3.88. The highest BCUT2D eigenvalue weighted by atomic mass is 16.5. The number of allylic oxidation sites excluding steroid dienone is 1. The van der Waals surface area contributed by atoms with E-state index in [1.165, 1.54) is 17.6 Å². The van der Waals surface area contributed by atoms with Crippen LogP contribution in [0.3, 0.4) is 0 Å². The molecule has 2 heterocycles. The molecule has 0 radical (unpaired) electrons. The Morgan fingerprint density at radius 3 is 3.00 bits per heavy atom. The van der Waals surface area contributed by atoms with Crippen molar-refractivity contribution >= 4 is 5.57 Å². The van der Waals surface area contributed by atoms with E-state index < -0.39 is 0 Å². The Morgan fingerprint density at radius 2 is 2.21 bits per heavy atom. The number of fused-ring (bicyclic) bond motifs is 2. The van der Waals surface area contributed by atoms with Crippen LogP contribution in [0.5, 0.6) is 5.75 Å². The SMILES string of the molecule is CC(C)Oc1cncc(C2=CC3CNCC(C2)C3)c1. The summed E-state index contributed by atoms with van der Waals surface area (Å²) in [5.74, 6) is 2.35. The molecule has 3 rings (SSSR count). The molecule has 2 atom stereocenters. The zero-order chi connectivity index (χ0) is 13.2. The summed E-state index contributed by atoms with van der Waals surface area (Å²) in [5.41, 5.74) is 2.68. The van der Waals surface area contributed by atoms with Gasteiger partial charge >= 0.3 is 0 Å². The zero-order valence-electron chi connectivity index (χ0n) is 11.7. The van der Waals surface area contributed by atoms with E-state index in [-0.39, 0.29) is 6.10 Å². The number of nitrogens with zero attached hydrogens (tertiary/aromatic N) is 1. The van der Waals surface area contributed by atoms with Gasteiger partial charge in [0, 0.05) is 12.7 Å². The van der Waals surface area contributed by atoms with Gasteiger partial charge in [0.05, 0.1) is 12.3 Å². The summed E-state index contributed by atoms with van der Waals surface area (Å²) >= 11 is 0. The van der Waals surface area contributed by atoms with Crippen LogP contribution >= 0.6 is 0 Å². The highest BCUT2D eigenvalue weighted by Crippen LogP contribution is 2.36. The molecular weight excluding hydrogens is 236 g/mol. The summed E-state index contributed by atoms with van der Waals surface area (Å²) in [6, 6.07) is 2.13. The molecule has 102 valence electrons. The molecule has 3 heteroatoms. The summed E-state index contributed by atoms with van der Waals surface area (Å²) in [7, 11) is 0. The fraction of sp³-hybridized carbons (Fsp3) is 0.562. The van der Waals surface area contributed by atoms with Crippen molar-refractivity contribution in [3.05, 3.63) is 30.1 Å². The lowest BCUT2D eigenvalue weighted by Gasteiger charge is -2.34. The first-order valence-electron chi connectivity index (χ1n) is 7.24. The maximum absolute atomic E-state index is 5.74. The molecule has 19 heavy (non-hydrogen) atoms. The average molecular weight is 258 g/mol. The smallest absolute Gasteiger partial charge is 0.138 e. The molecule has 3 nitrogen and oxygen atoms in total. The minimum Gasteiger partial charge on any atom is -0.489 e. The summed E-state index contributed by atoms with van der Waals surface area (Å²) in [6.07, 6.45) is 8.89. The van der Waals surface area contributed by atoms with Gasteiger partial charge in [-0.25, -0.2) is 0 Å². The molecular formula is C16H22N2O. The van der Waals surface area contributed by atoms with Crippen molar-refractivity contribution in [1.29, 1.82) is 0 Å². The van der Waals surface area contributed by atoms with Crippen LogP contribution in [0.15, 0.2) is 24.5 Å². The summed E-state index contributed by atoms with van der Waals surface area (Å²) in [4.78, 5) is 4.33. The summed E-state index contributed by atoms with van der Waals surface area (Å²) in [6.45, 7) is 6.37. The standard InChI is InChI=1S/C16H22N2O/c1-11(2)19-16-6-15(9-18-10-16)14-4-12-3-13(5-14)8-17-7-12/h4,6,9-13,17H,3,5,7-8H2,1-2H3. The van der Waals surface area contributed by atoms with Crippen LogP contribution in [0, 0.1) is 11.8 Å². The van der Waals surface area contributed by atoms with Gasteiger partial charge in [-0.15, -0.1) is 0 Å². The van der Waals surface area contributed by atoms with Crippen molar-refractivity contribution < 1.29 is 4.74 Å². The molecule has 1 aliphatic carbocycles. The van der Waals surface area contributed by atoms with E-state index in [9.17, 15) is 0 Å². The second-order valence-electron chi connectivity index (χ2n) is 5.99. The maximum atomic E-state index is 5.74. The maximum Gasteiger partial charge on any atom is 0.138 e. The molecule has 2 bridgehead atoms. The molecule has 2 aliphatic rings. The largest absolute Gasteiger partial charge is 0.489 e. The Hall–Kier alpha value is -1.35. The molecule has 2 unspecified atom stereocenters. The highest BCUT2D eigenvalue weighted by Gasteiger charge is 2.26. The van der Waals surface area contributed by atoms with Crippen LogP contribution in [0.25, 0.3) is 5.57 Å². The minimum atomic E-state index is 0.195. The van der Waals surface area contributed by atoms with Gasteiger partial charge in [-0.1, -0.05) is 6.08 Å². The van der Waals surface area contributed by atoms with E-state index in [1.807, 2.05) is 20.0 Å². The van der Waals surface area contributed by atoms with E-state index in [0.717, 1.165) is 31.2 Å². The molecule has 1 aromatic heterocycles. The van der Waals surface area contributed by atoms with Crippen LogP contribution < -0.4 is 10.1 Å². The van der Waals surface area contributed by atoms with E-state index in [1.54, 1.807) is 6.20 Å². The normalized spacial score (nSPS) is 26.2. The monoisotopic (exact) mass is 258 g/mol. The van der Waals surface area contributed by atoms with Crippen molar-refractivity contribution in [2.45, 2.75) is 32.8 Å². The molecule has 0 aromatic carbocycles. The lowest BCUT2D eigenvalue weighted by Crippen LogP contribution is -2.37. The number of pyridine rings is 1. The zero-order valence-corrected chi connectivity index (χ0v) is 11.7. The third kappa shape index (κ3) is 2.98. The molecule has 1 aromatic rings. The van der Waals surface area contributed by atoms with Gasteiger partial charge in [-0.3, -0.25) is 4.98 Å². The Morgan fingerprint density at radius 1 is 1.32 bits per heavy atom. The number of rotatable bonds is 3. The first-order valence-corrected chi connectivity index (χ1v) is 7.24. The van der Waals surface area contributed by atoms with Crippen LogP contribution in [0.4, 0.5) is 0 Å². The van der Waals surface area contributed by atoms with Crippen molar-refractivity contribution in [3.63, 3.8) is 0 Å². The summed E-state index contributed by atoms with van der Waals surface area (Å²) < 4.78 is 5.74. The number of piperidine rings is 1. The average Bonchev–Trinajstić information content (AvgIpc) is 2.38. The Kier molecular flexibility index (Phi) is 3.56. The molecule has 1 N–H and O–H groups in total. The third-order valence-electron chi connectivity index (χ3n) is 3.88. The minimum absolute atomic E-state index is 0.195. The van der Waals surface area contributed by atoms with Gasteiger partial charge in [-0.05, 0) is 62.3 Å². The molecule has 1 aliphatic heterocycles. The first kappa shape index (κ1) is 12.7. The van der Waals surface area contributed by atoms with Crippen molar-refractivity contribution in [2.75, 3.05) is 13.1 Å². The predicted octanol–water partition coefficient (Wildman–Crippen LogP) is 2.88. The Balaban J connectivity index is 1.83. The number of aromatic nitrogens is 1. The second-order valence-corrected chi connectivity index (χ2v) is 5.99. The quantitative estimate of drug-likeness (QED) is 0.905. The van der Waals surface area contributed by atoms with Gasteiger partial charge < -0.3 is 10.1 Å².